The van der Waals surface area contributed by atoms with E-state index in [1.54, 1.807) is 0 Å². The van der Waals surface area contributed by atoms with Crippen LogP contribution in [-0.2, 0) is 9.53 Å². The molecule has 0 saturated carbocycles. The van der Waals surface area contributed by atoms with E-state index >= 15 is 0 Å². The van der Waals surface area contributed by atoms with Crippen molar-refractivity contribution in [1.29, 1.82) is 0 Å². The lowest BCUT2D eigenvalue weighted by molar-refractivity contribution is -0.127. The number of nitrogens with zero attached hydrogens (tertiary/aromatic N) is 1. The van der Waals surface area contributed by atoms with Crippen LogP contribution in [0.3, 0.4) is 0 Å². The first-order chi connectivity index (χ1) is 10.2. The molecule has 1 aliphatic rings. The van der Waals surface area contributed by atoms with Gasteiger partial charge in [0.2, 0.25) is 5.91 Å². The van der Waals surface area contributed by atoms with Gasteiger partial charge in [0.15, 0.2) is 0 Å². The number of benzene rings is 1. The van der Waals surface area contributed by atoms with Crippen LogP contribution in [-0.4, -0.2) is 43.2 Å². The molecule has 1 fully saturated rings. The number of amides is 1. The van der Waals surface area contributed by atoms with E-state index in [2.05, 4.69) is 34.5 Å². The first kappa shape index (κ1) is 16.0. The molecule has 0 spiro atoms. The second kappa shape index (κ2) is 8.15. The van der Waals surface area contributed by atoms with Crippen LogP contribution in [0.2, 0.25) is 0 Å². The van der Waals surface area contributed by atoms with E-state index in [0.717, 1.165) is 13.1 Å². The normalized spacial score (nSPS) is 17.1. The molecule has 0 aromatic heterocycles. The van der Waals surface area contributed by atoms with Crippen LogP contribution in [0.15, 0.2) is 30.3 Å². The van der Waals surface area contributed by atoms with E-state index in [-0.39, 0.29) is 24.7 Å². The minimum absolute atomic E-state index is 0.0381. The highest BCUT2D eigenvalue weighted by molar-refractivity contribution is 5.77. The molecule has 1 saturated heterocycles. The average molecular weight is 290 g/mol. The van der Waals surface area contributed by atoms with Gasteiger partial charge < -0.3 is 10.1 Å². The van der Waals surface area contributed by atoms with Gasteiger partial charge in [-0.2, -0.15) is 0 Å². The number of carbonyl (C=O) groups excluding carboxylic acids is 1. The third kappa shape index (κ3) is 5.14. The third-order valence-corrected chi connectivity index (χ3v) is 3.81. The second-order valence-corrected chi connectivity index (χ2v) is 5.83. The van der Waals surface area contributed by atoms with Crippen molar-refractivity contribution in [2.45, 2.75) is 38.8 Å². The zero-order valence-corrected chi connectivity index (χ0v) is 13.0. The summed E-state index contributed by atoms with van der Waals surface area (Å²) >= 11 is 0. The van der Waals surface area contributed by atoms with E-state index in [4.69, 9.17) is 4.74 Å². The van der Waals surface area contributed by atoms with E-state index < -0.39 is 0 Å². The zero-order valence-electron chi connectivity index (χ0n) is 13.0. The number of hydrogen-bond acceptors (Lipinski definition) is 3. The minimum Gasteiger partial charge on any atom is -0.369 e. The minimum atomic E-state index is -0.0381. The maximum Gasteiger partial charge on any atom is 0.246 e. The molecule has 1 aromatic rings. The molecule has 0 aliphatic carbocycles. The first-order valence-corrected chi connectivity index (χ1v) is 7.84. The lowest BCUT2D eigenvalue weighted by Gasteiger charge is -2.28. The Morgan fingerprint density at radius 1 is 1.24 bits per heavy atom. The Balaban J connectivity index is 1.92. The van der Waals surface area contributed by atoms with Crippen molar-refractivity contribution >= 4 is 5.91 Å². The zero-order chi connectivity index (χ0) is 15.1. The summed E-state index contributed by atoms with van der Waals surface area (Å²) < 4.78 is 5.34. The summed E-state index contributed by atoms with van der Waals surface area (Å²) in [7, 11) is 0. The van der Waals surface area contributed by atoms with Crippen molar-refractivity contribution in [3.63, 3.8) is 0 Å². The summed E-state index contributed by atoms with van der Waals surface area (Å²) in [5.41, 5.74) is 1.27. The third-order valence-electron chi connectivity index (χ3n) is 3.81. The Morgan fingerprint density at radius 2 is 1.90 bits per heavy atom. The summed E-state index contributed by atoms with van der Waals surface area (Å²) in [6.07, 6.45) is 2.57. The fourth-order valence-electron chi connectivity index (χ4n) is 2.69. The van der Waals surface area contributed by atoms with Gasteiger partial charge in [0.1, 0.15) is 6.61 Å². The standard InChI is InChI=1S/C17H26N2O2/c1-14(2)21-13-17(20)18-12-16(19-10-6-7-11-19)15-8-4-3-5-9-15/h3-5,8-9,14,16H,6-7,10-13H2,1-2H3,(H,18,20). The Morgan fingerprint density at radius 3 is 2.52 bits per heavy atom. The Hall–Kier alpha value is -1.39. The van der Waals surface area contributed by atoms with E-state index in [1.807, 2.05) is 19.9 Å². The maximum atomic E-state index is 11.8. The fraction of sp³-hybridized carbons (Fsp3) is 0.588. The topological polar surface area (TPSA) is 41.6 Å². The predicted octanol–water partition coefficient (Wildman–Crippen LogP) is 2.36. The maximum absolute atomic E-state index is 11.8. The first-order valence-electron chi connectivity index (χ1n) is 7.84. The van der Waals surface area contributed by atoms with Gasteiger partial charge >= 0.3 is 0 Å². The number of ether oxygens (including phenoxy) is 1. The largest absolute Gasteiger partial charge is 0.369 e. The van der Waals surface area contributed by atoms with Gasteiger partial charge in [-0.3, -0.25) is 9.69 Å². The molecule has 0 radical (unpaired) electrons. The molecule has 1 atom stereocenters. The molecule has 4 heteroatoms. The quantitative estimate of drug-likeness (QED) is 0.838. The van der Waals surface area contributed by atoms with E-state index in [1.165, 1.54) is 18.4 Å². The Bertz CT molecular complexity index is 428. The Kier molecular flexibility index (Phi) is 6.21. The van der Waals surface area contributed by atoms with Crippen molar-refractivity contribution in [2.75, 3.05) is 26.2 Å². The molecule has 1 aliphatic heterocycles. The highest BCUT2D eigenvalue weighted by Crippen LogP contribution is 2.24. The highest BCUT2D eigenvalue weighted by Gasteiger charge is 2.23. The van der Waals surface area contributed by atoms with Gasteiger partial charge in [-0.1, -0.05) is 30.3 Å². The number of carbonyl (C=O) groups is 1. The highest BCUT2D eigenvalue weighted by atomic mass is 16.5. The molecule has 1 unspecified atom stereocenters. The number of hydrogen-bond donors (Lipinski definition) is 1. The molecule has 4 nitrogen and oxygen atoms in total. The van der Waals surface area contributed by atoms with Crippen molar-refractivity contribution < 1.29 is 9.53 Å². The van der Waals surface area contributed by atoms with E-state index in [0.29, 0.717) is 6.54 Å². The van der Waals surface area contributed by atoms with Crippen molar-refractivity contribution in [2.24, 2.45) is 0 Å². The number of rotatable bonds is 7. The molecule has 1 aromatic carbocycles. The summed E-state index contributed by atoms with van der Waals surface area (Å²) in [4.78, 5) is 14.3. The van der Waals surface area contributed by atoms with Crippen LogP contribution in [0.1, 0.15) is 38.3 Å². The smallest absolute Gasteiger partial charge is 0.246 e. The van der Waals surface area contributed by atoms with E-state index in [9.17, 15) is 4.79 Å². The summed E-state index contributed by atoms with van der Waals surface area (Å²) in [6.45, 7) is 6.87. The van der Waals surface area contributed by atoms with Crippen molar-refractivity contribution in [1.82, 2.24) is 10.2 Å². The monoisotopic (exact) mass is 290 g/mol. The van der Waals surface area contributed by atoms with Crippen LogP contribution in [0.5, 0.6) is 0 Å². The predicted molar refractivity (Wildman–Crippen MR) is 84.1 cm³/mol. The fourth-order valence-corrected chi connectivity index (χ4v) is 2.69. The average Bonchev–Trinajstić information content (AvgIpc) is 3.00. The summed E-state index contributed by atoms with van der Waals surface area (Å²) in [5, 5.41) is 3.01. The van der Waals surface area contributed by atoms with Crippen LogP contribution in [0, 0.1) is 0 Å². The molecule has 1 heterocycles. The lowest BCUT2D eigenvalue weighted by atomic mass is 10.1. The van der Waals surface area contributed by atoms with Gasteiger partial charge in [-0.25, -0.2) is 0 Å². The molecule has 0 bridgehead atoms. The number of nitrogens with one attached hydrogen (secondary N) is 1. The molecule has 1 N–H and O–H groups in total. The second-order valence-electron chi connectivity index (χ2n) is 5.83. The van der Waals surface area contributed by atoms with Crippen LogP contribution >= 0.6 is 0 Å². The molecular weight excluding hydrogens is 264 g/mol. The molecule has 2 rings (SSSR count). The van der Waals surface area contributed by atoms with Crippen molar-refractivity contribution in [3.05, 3.63) is 35.9 Å². The van der Waals surface area contributed by atoms with Gasteiger partial charge in [0.25, 0.3) is 0 Å². The molecule has 1 amide bonds. The summed E-state index contributed by atoms with van der Waals surface area (Å²) in [5.74, 6) is -0.0381. The van der Waals surface area contributed by atoms with Gasteiger partial charge in [-0.15, -0.1) is 0 Å². The SMILES string of the molecule is CC(C)OCC(=O)NCC(c1ccccc1)N1CCCC1. The van der Waals surface area contributed by atoms with Crippen molar-refractivity contribution in [3.8, 4) is 0 Å². The molecule has 21 heavy (non-hydrogen) atoms. The van der Waals surface area contributed by atoms with Crippen LogP contribution < -0.4 is 5.32 Å². The molecular formula is C17H26N2O2. The lowest BCUT2D eigenvalue weighted by Crippen LogP contribution is -2.38. The number of likely N-dealkylation sites (tertiary alicyclic amines) is 1. The molecule has 116 valence electrons. The van der Waals surface area contributed by atoms with Gasteiger partial charge in [0.05, 0.1) is 12.1 Å². The van der Waals surface area contributed by atoms with Gasteiger partial charge in [-0.05, 0) is 45.3 Å². The van der Waals surface area contributed by atoms with Gasteiger partial charge in [0, 0.05) is 6.54 Å². The Labute approximate surface area is 127 Å². The van der Waals surface area contributed by atoms with Crippen LogP contribution in [0.25, 0.3) is 0 Å². The summed E-state index contributed by atoms with van der Waals surface area (Å²) in [6, 6.07) is 10.7. The van der Waals surface area contributed by atoms with Crippen LogP contribution in [0.4, 0.5) is 0 Å².